The number of nitrogens with one attached hydrogen (secondary N) is 1. The van der Waals surface area contributed by atoms with E-state index in [1.54, 1.807) is 12.3 Å². The first-order chi connectivity index (χ1) is 11.7. The van der Waals surface area contributed by atoms with Crippen LogP contribution >= 0.6 is 15.9 Å². The normalized spacial score (nSPS) is 10.7. The van der Waals surface area contributed by atoms with Crippen molar-refractivity contribution in [3.8, 4) is 11.1 Å². The molecular formula is C20H15BrN2O. The summed E-state index contributed by atoms with van der Waals surface area (Å²) >= 11 is 3.36. The molecule has 0 spiro atoms. The first-order valence-corrected chi connectivity index (χ1v) is 8.27. The van der Waals surface area contributed by atoms with Gasteiger partial charge in [0.25, 0.3) is 5.91 Å². The summed E-state index contributed by atoms with van der Waals surface area (Å²) in [4.78, 5) is 12.1. The van der Waals surface area contributed by atoms with Crippen molar-refractivity contribution in [2.24, 2.45) is 5.10 Å². The number of halogens is 1. The molecule has 0 fully saturated rings. The van der Waals surface area contributed by atoms with Crippen LogP contribution in [-0.2, 0) is 0 Å². The molecule has 0 radical (unpaired) electrons. The van der Waals surface area contributed by atoms with E-state index in [2.05, 4.69) is 38.6 Å². The lowest BCUT2D eigenvalue weighted by molar-refractivity contribution is 0.0954. The highest BCUT2D eigenvalue weighted by Gasteiger charge is 2.07. The van der Waals surface area contributed by atoms with E-state index in [0.29, 0.717) is 5.56 Å². The van der Waals surface area contributed by atoms with Gasteiger partial charge in [-0.05, 0) is 50.8 Å². The zero-order valence-corrected chi connectivity index (χ0v) is 14.4. The van der Waals surface area contributed by atoms with Gasteiger partial charge in [0.15, 0.2) is 0 Å². The molecule has 24 heavy (non-hydrogen) atoms. The number of benzene rings is 3. The second-order valence-electron chi connectivity index (χ2n) is 5.17. The fraction of sp³-hybridized carbons (Fsp3) is 0. The summed E-state index contributed by atoms with van der Waals surface area (Å²) in [5, 5.41) is 4.05. The number of carbonyl (C=O) groups excluding carboxylic acids is 1. The molecule has 0 saturated carbocycles. The average molecular weight is 379 g/mol. The molecule has 3 nitrogen and oxygen atoms in total. The van der Waals surface area contributed by atoms with Gasteiger partial charge in [0.05, 0.1) is 11.8 Å². The van der Waals surface area contributed by atoms with E-state index in [9.17, 15) is 4.79 Å². The lowest BCUT2D eigenvalue weighted by Crippen LogP contribution is -2.18. The highest BCUT2D eigenvalue weighted by Crippen LogP contribution is 2.19. The van der Waals surface area contributed by atoms with Gasteiger partial charge in [-0.1, -0.05) is 60.7 Å². The van der Waals surface area contributed by atoms with Crippen LogP contribution in [0.3, 0.4) is 0 Å². The Kier molecular flexibility index (Phi) is 5.18. The van der Waals surface area contributed by atoms with Gasteiger partial charge in [-0.3, -0.25) is 4.79 Å². The van der Waals surface area contributed by atoms with Gasteiger partial charge in [-0.2, -0.15) is 5.10 Å². The summed E-state index contributed by atoms with van der Waals surface area (Å²) in [5.74, 6) is -0.252. The van der Waals surface area contributed by atoms with E-state index in [1.165, 1.54) is 0 Å². The van der Waals surface area contributed by atoms with E-state index in [1.807, 2.05) is 60.7 Å². The number of hydrazone groups is 1. The molecule has 3 aromatic rings. The van der Waals surface area contributed by atoms with Crippen molar-refractivity contribution in [3.63, 3.8) is 0 Å². The van der Waals surface area contributed by atoms with Crippen molar-refractivity contribution in [1.29, 1.82) is 0 Å². The quantitative estimate of drug-likeness (QED) is 0.510. The Balaban J connectivity index is 1.71. The third-order valence-electron chi connectivity index (χ3n) is 3.49. The van der Waals surface area contributed by atoms with Crippen molar-refractivity contribution in [2.75, 3.05) is 0 Å². The Labute approximate surface area is 149 Å². The first kappa shape index (κ1) is 16.1. The molecule has 3 rings (SSSR count). The van der Waals surface area contributed by atoms with Gasteiger partial charge >= 0.3 is 0 Å². The predicted octanol–water partition coefficient (Wildman–Crippen LogP) is 4.88. The summed E-state index contributed by atoms with van der Waals surface area (Å²) in [6.07, 6.45) is 1.64. The van der Waals surface area contributed by atoms with Gasteiger partial charge in [0.2, 0.25) is 0 Å². The molecule has 0 aliphatic rings. The van der Waals surface area contributed by atoms with Gasteiger partial charge in [0, 0.05) is 4.47 Å². The Morgan fingerprint density at radius 2 is 1.58 bits per heavy atom. The molecule has 0 aromatic heterocycles. The molecule has 1 amide bonds. The topological polar surface area (TPSA) is 41.5 Å². The Morgan fingerprint density at radius 1 is 0.875 bits per heavy atom. The fourth-order valence-electron chi connectivity index (χ4n) is 2.30. The zero-order valence-electron chi connectivity index (χ0n) is 12.8. The second-order valence-corrected chi connectivity index (χ2v) is 6.02. The van der Waals surface area contributed by atoms with Gasteiger partial charge in [0.1, 0.15) is 0 Å². The SMILES string of the molecule is O=C(NN=Cc1cccc(-c2ccccc2)c1)c1ccccc1Br. The minimum atomic E-state index is -0.252. The van der Waals surface area contributed by atoms with Crippen molar-refractivity contribution >= 4 is 28.1 Å². The minimum Gasteiger partial charge on any atom is -0.267 e. The predicted molar refractivity (Wildman–Crippen MR) is 101 cm³/mol. The molecule has 0 heterocycles. The fourth-order valence-corrected chi connectivity index (χ4v) is 2.76. The monoisotopic (exact) mass is 378 g/mol. The zero-order chi connectivity index (χ0) is 16.8. The molecule has 0 aliphatic heterocycles. The van der Waals surface area contributed by atoms with Crippen molar-refractivity contribution in [1.82, 2.24) is 5.43 Å². The third-order valence-corrected chi connectivity index (χ3v) is 4.18. The lowest BCUT2D eigenvalue weighted by atomic mass is 10.0. The summed E-state index contributed by atoms with van der Waals surface area (Å²) in [6.45, 7) is 0. The maximum Gasteiger partial charge on any atom is 0.272 e. The number of carbonyl (C=O) groups is 1. The molecule has 4 heteroatoms. The number of rotatable bonds is 4. The van der Waals surface area contributed by atoms with Crippen LogP contribution < -0.4 is 5.43 Å². The van der Waals surface area contributed by atoms with Gasteiger partial charge < -0.3 is 0 Å². The number of amides is 1. The maximum atomic E-state index is 12.1. The standard InChI is InChI=1S/C20H15BrN2O/c21-19-12-5-4-11-18(19)20(24)23-22-14-15-7-6-10-17(13-15)16-8-2-1-3-9-16/h1-14H,(H,23,24). The molecule has 0 unspecified atom stereocenters. The van der Waals surface area contributed by atoms with Gasteiger partial charge in [-0.15, -0.1) is 0 Å². The molecule has 3 aromatic carbocycles. The van der Waals surface area contributed by atoms with Crippen LogP contribution in [0.25, 0.3) is 11.1 Å². The third kappa shape index (κ3) is 3.97. The highest BCUT2D eigenvalue weighted by atomic mass is 79.9. The average Bonchev–Trinajstić information content (AvgIpc) is 2.63. The van der Waals surface area contributed by atoms with Crippen LogP contribution in [0.4, 0.5) is 0 Å². The molecule has 0 aliphatic carbocycles. The van der Waals surface area contributed by atoms with E-state index in [4.69, 9.17) is 0 Å². The summed E-state index contributed by atoms with van der Waals surface area (Å²) in [7, 11) is 0. The van der Waals surface area contributed by atoms with Gasteiger partial charge in [-0.25, -0.2) is 5.43 Å². The first-order valence-electron chi connectivity index (χ1n) is 7.47. The lowest BCUT2D eigenvalue weighted by Gasteiger charge is -2.03. The van der Waals surface area contributed by atoms with Crippen LogP contribution in [-0.4, -0.2) is 12.1 Å². The maximum absolute atomic E-state index is 12.1. The Hall–Kier alpha value is -2.72. The van der Waals surface area contributed by atoms with E-state index >= 15 is 0 Å². The van der Waals surface area contributed by atoms with E-state index in [0.717, 1.165) is 21.2 Å². The highest BCUT2D eigenvalue weighted by molar-refractivity contribution is 9.10. The van der Waals surface area contributed by atoms with Crippen molar-refractivity contribution in [2.45, 2.75) is 0 Å². The summed E-state index contributed by atoms with van der Waals surface area (Å²) in [6, 6.07) is 25.4. The molecule has 118 valence electrons. The summed E-state index contributed by atoms with van der Waals surface area (Å²) < 4.78 is 0.740. The minimum absolute atomic E-state index is 0.252. The largest absolute Gasteiger partial charge is 0.272 e. The molecule has 1 N–H and O–H groups in total. The molecule has 0 atom stereocenters. The van der Waals surface area contributed by atoms with Crippen molar-refractivity contribution in [3.05, 3.63) is 94.5 Å². The Bertz CT molecular complexity index is 876. The summed E-state index contributed by atoms with van der Waals surface area (Å²) in [5.41, 5.74) is 6.27. The number of nitrogens with zero attached hydrogens (tertiary/aromatic N) is 1. The van der Waals surface area contributed by atoms with Crippen molar-refractivity contribution < 1.29 is 4.79 Å². The second kappa shape index (κ2) is 7.70. The number of hydrogen-bond acceptors (Lipinski definition) is 2. The smallest absolute Gasteiger partial charge is 0.267 e. The molecule has 0 saturated heterocycles. The molecular weight excluding hydrogens is 364 g/mol. The Morgan fingerprint density at radius 3 is 2.38 bits per heavy atom. The van der Waals surface area contributed by atoms with E-state index < -0.39 is 0 Å². The van der Waals surface area contributed by atoms with Crippen LogP contribution in [0.2, 0.25) is 0 Å². The van der Waals surface area contributed by atoms with Crippen LogP contribution in [0.5, 0.6) is 0 Å². The van der Waals surface area contributed by atoms with Crippen LogP contribution in [0.15, 0.2) is 88.4 Å². The molecule has 0 bridgehead atoms. The van der Waals surface area contributed by atoms with E-state index in [-0.39, 0.29) is 5.91 Å². The van der Waals surface area contributed by atoms with Crippen LogP contribution in [0, 0.1) is 0 Å². The number of hydrogen-bond donors (Lipinski definition) is 1. The van der Waals surface area contributed by atoms with Crippen LogP contribution in [0.1, 0.15) is 15.9 Å².